The van der Waals surface area contributed by atoms with E-state index in [0.29, 0.717) is 11.3 Å². The maximum atomic E-state index is 12.3. The van der Waals surface area contributed by atoms with Crippen molar-refractivity contribution in [2.45, 2.75) is 0 Å². The Kier molecular flexibility index (Phi) is 4.74. The molecule has 1 radical (unpaired) electrons. The number of methoxy groups -OCH3 is 1. The van der Waals surface area contributed by atoms with Crippen molar-refractivity contribution in [3.63, 3.8) is 0 Å². The van der Waals surface area contributed by atoms with Crippen LogP contribution in [0.1, 0.15) is 20.8 Å². The summed E-state index contributed by atoms with van der Waals surface area (Å²) in [7, 11) is 1.58. The van der Waals surface area contributed by atoms with Crippen LogP contribution in [0.5, 0.6) is 5.75 Å². The number of nitrogens with one attached hydrogen (secondary N) is 1. The Hall–Kier alpha value is -2.44. The molecule has 0 saturated heterocycles. The maximum absolute atomic E-state index is 12.3. The van der Waals surface area contributed by atoms with Crippen LogP contribution in [0.15, 0.2) is 54.4 Å². The van der Waals surface area contributed by atoms with Gasteiger partial charge in [0.15, 0.2) is 0 Å². The summed E-state index contributed by atoms with van der Waals surface area (Å²) >= 11 is 0. The van der Waals surface area contributed by atoms with Gasteiger partial charge in [-0.3, -0.25) is 14.6 Å². The number of carbonyl (C=O) groups excluding carboxylic acids is 2. The number of hydrogen-bond donors (Lipinski definition) is 1. The first-order valence-corrected chi connectivity index (χ1v) is 6.36. The second kappa shape index (κ2) is 6.55. The van der Waals surface area contributed by atoms with Crippen molar-refractivity contribution in [3.05, 3.63) is 65.6 Å². The Labute approximate surface area is 137 Å². The molecule has 3 rings (SSSR count). The molecular formula is C16H12CoN2O3. The molecule has 1 N–H and O–H groups in total. The number of anilines is 1. The first-order chi connectivity index (χ1) is 10.2. The van der Waals surface area contributed by atoms with Crippen LogP contribution in [0.3, 0.4) is 0 Å². The normalized spacial score (nSPS) is 12.9. The quantitative estimate of drug-likeness (QED) is 0.930. The zero-order chi connectivity index (χ0) is 14.8. The van der Waals surface area contributed by atoms with Gasteiger partial charge in [0.05, 0.1) is 18.4 Å². The Morgan fingerprint density at radius 3 is 2.50 bits per heavy atom. The number of hydrogen-bond acceptors (Lipinski definition) is 5. The molecule has 0 atom stereocenters. The Morgan fingerprint density at radius 1 is 1.09 bits per heavy atom. The van der Waals surface area contributed by atoms with E-state index < -0.39 is 0 Å². The molecule has 2 aromatic rings. The van der Waals surface area contributed by atoms with Crippen molar-refractivity contribution in [1.82, 2.24) is 4.98 Å². The molecule has 1 aliphatic rings. The van der Waals surface area contributed by atoms with Crippen LogP contribution in [0.2, 0.25) is 0 Å². The predicted molar refractivity (Wildman–Crippen MR) is 77.6 cm³/mol. The maximum Gasteiger partial charge on any atom is 0.211 e. The summed E-state index contributed by atoms with van der Waals surface area (Å²) in [6.45, 7) is 0. The van der Waals surface area contributed by atoms with Crippen molar-refractivity contribution in [1.29, 1.82) is 0 Å². The van der Waals surface area contributed by atoms with E-state index in [1.54, 1.807) is 43.5 Å². The first-order valence-electron chi connectivity index (χ1n) is 6.36. The molecule has 1 aromatic carbocycles. The van der Waals surface area contributed by atoms with E-state index in [9.17, 15) is 9.59 Å². The molecule has 0 bridgehead atoms. The molecule has 113 valence electrons. The number of benzene rings is 1. The van der Waals surface area contributed by atoms with Gasteiger partial charge in [-0.2, -0.15) is 0 Å². The fourth-order valence-corrected chi connectivity index (χ4v) is 2.12. The molecular weight excluding hydrogens is 327 g/mol. The predicted octanol–water partition coefficient (Wildman–Crippen LogP) is 2.46. The van der Waals surface area contributed by atoms with E-state index in [4.69, 9.17) is 4.74 Å². The number of Topliss-reactive ketones (excluding diaryl/α,β-unsaturated/α-hetero) is 1. The average Bonchev–Trinajstić information content (AvgIpc) is 2.53. The molecule has 5 nitrogen and oxygen atoms in total. The Balaban J connectivity index is 0.00000176. The fraction of sp³-hybridized carbons (Fsp3) is 0.0625. The van der Waals surface area contributed by atoms with Crippen LogP contribution in [-0.4, -0.2) is 23.7 Å². The van der Waals surface area contributed by atoms with Crippen molar-refractivity contribution in [2.75, 3.05) is 12.4 Å². The van der Waals surface area contributed by atoms with Crippen molar-refractivity contribution in [2.24, 2.45) is 0 Å². The van der Waals surface area contributed by atoms with Gasteiger partial charge in [-0.1, -0.05) is 0 Å². The van der Waals surface area contributed by atoms with Crippen LogP contribution in [0, 0.1) is 0 Å². The number of carbonyl (C=O) groups is 2. The minimum atomic E-state index is -0.277. The molecule has 22 heavy (non-hydrogen) atoms. The summed E-state index contributed by atoms with van der Waals surface area (Å²) in [5.41, 5.74) is 1.46. The fourth-order valence-electron chi connectivity index (χ4n) is 2.12. The van der Waals surface area contributed by atoms with E-state index in [1.165, 1.54) is 12.3 Å². The first kappa shape index (κ1) is 15.9. The standard InChI is InChI=1S/C16H12N2O3.Co/c1-21-11-6-4-10(5-7-11)18-13-9-14(19)15-12(16(13)20)3-2-8-17-15;/h2-9,18H,1H3;. The number of pyridine rings is 1. The number of allylic oxidation sites excluding steroid dienone is 2. The topological polar surface area (TPSA) is 68.3 Å². The summed E-state index contributed by atoms with van der Waals surface area (Å²) < 4.78 is 5.07. The summed E-state index contributed by atoms with van der Waals surface area (Å²) in [6.07, 6.45) is 2.78. The van der Waals surface area contributed by atoms with E-state index >= 15 is 0 Å². The van der Waals surface area contributed by atoms with Crippen molar-refractivity contribution >= 4 is 17.3 Å². The summed E-state index contributed by atoms with van der Waals surface area (Å²) in [4.78, 5) is 28.3. The van der Waals surface area contributed by atoms with E-state index in [2.05, 4.69) is 10.3 Å². The van der Waals surface area contributed by atoms with E-state index in [-0.39, 0.29) is 39.7 Å². The van der Waals surface area contributed by atoms with E-state index in [0.717, 1.165) is 5.75 Å². The molecule has 0 spiro atoms. The Bertz CT molecular complexity index is 754. The van der Waals surface area contributed by atoms with Crippen LogP contribution in [0.25, 0.3) is 0 Å². The Morgan fingerprint density at radius 2 is 1.82 bits per heavy atom. The minimum Gasteiger partial charge on any atom is -0.497 e. The van der Waals surface area contributed by atoms with E-state index in [1.807, 2.05) is 0 Å². The largest absolute Gasteiger partial charge is 0.497 e. The minimum absolute atomic E-state index is 0. The number of nitrogens with zero attached hydrogens (tertiary/aromatic N) is 1. The molecule has 0 aliphatic heterocycles. The molecule has 0 fully saturated rings. The average molecular weight is 339 g/mol. The van der Waals surface area contributed by atoms with Gasteiger partial charge in [-0.05, 0) is 36.4 Å². The zero-order valence-corrected chi connectivity index (χ0v) is 12.7. The SMILES string of the molecule is COc1ccc(NC2=CC(=O)c3ncccc3C2=O)cc1.[Co]. The van der Waals surface area contributed by atoms with Crippen LogP contribution in [-0.2, 0) is 16.8 Å². The molecule has 1 aromatic heterocycles. The van der Waals surface area contributed by atoms with Gasteiger partial charge in [-0.25, -0.2) is 0 Å². The molecule has 1 heterocycles. The van der Waals surface area contributed by atoms with Crippen molar-refractivity contribution in [3.8, 4) is 5.75 Å². The zero-order valence-electron chi connectivity index (χ0n) is 11.6. The van der Waals surface area contributed by atoms with Gasteiger partial charge in [0.2, 0.25) is 11.6 Å². The number of rotatable bonds is 3. The second-order valence-corrected chi connectivity index (χ2v) is 4.50. The van der Waals surface area contributed by atoms with Gasteiger partial charge in [0, 0.05) is 34.7 Å². The summed E-state index contributed by atoms with van der Waals surface area (Å²) in [5.74, 6) is 0.199. The van der Waals surface area contributed by atoms with Gasteiger partial charge in [0.25, 0.3) is 0 Å². The molecule has 0 amide bonds. The smallest absolute Gasteiger partial charge is 0.211 e. The van der Waals surface area contributed by atoms with Gasteiger partial charge >= 0.3 is 0 Å². The number of ketones is 2. The molecule has 0 unspecified atom stereocenters. The van der Waals surface area contributed by atoms with Crippen LogP contribution < -0.4 is 10.1 Å². The number of fused-ring (bicyclic) bond motifs is 1. The molecule has 6 heteroatoms. The van der Waals surface area contributed by atoms with Crippen LogP contribution in [0.4, 0.5) is 5.69 Å². The monoisotopic (exact) mass is 339 g/mol. The molecule has 0 saturated carbocycles. The second-order valence-electron chi connectivity index (χ2n) is 4.50. The summed E-state index contributed by atoms with van der Waals surface area (Å²) in [5, 5.41) is 2.96. The van der Waals surface area contributed by atoms with Crippen LogP contribution >= 0.6 is 0 Å². The third-order valence-electron chi connectivity index (χ3n) is 3.17. The third kappa shape index (κ3) is 2.93. The number of ether oxygens (including phenoxy) is 1. The number of aromatic nitrogens is 1. The van der Waals surface area contributed by atoms with Gasteiger partial charge < -0.3 is 10.1 Å². The summed E-state index contributed by atoms with van der Waals surface area (Å²) in [6, 6.07) is 10.3. The van der Waals surface area contributed by atoms with Crippen molar-refractivity contribution < 1.29 is 31.1 Å². The van der Waals surface area contributed by atoms with Gasteiger partial charge in [-0.15, -0.1) is 0 Å². The van der Waals surface area contributed by atoms with Gasteiger partial charge in [0.1, 0.15) is 11.4 Å². The third-order valence-corrected chi connectivity index (χ3v) is 3.17. The molecule has 1 aliphatic carbocycles.